The highest BCUT2D eigenvalue weighted by Crippen LogP contribution is 2.30. The van der Waals surface area contributed by atoms with Gasteiger partial charge in [0.2, 0.25) is 0 Å². The van der Waals surface area contributed by atoms with E-state index in [4.69, 9.17) is 24.2 Å². The van der Waals surface area contributed by atoms with Crippen LogP contribution in [0, 0.1) is 18.3 Å². The molecule has 1 aliphatic heterocycles. The van der Waals surface area contributed by atoms with Gasteiger partial charge in [0.25, 0.3) is 5.56 Å². The minimum Gasteiger partial charge on any atom is -0.382 e. The summed E-state index contributed by atoms with van der Waals surface area (Å²) < 4.78 is 23.1. The monoisotopic (exact) mass is 339 g/mol. The summed E-state index contributed by atoms with van der Waals surface area (Å²) in [6.07, 6.45) is 0.940. The maximum absolute atomic E-state index is 12.0. The van der Waals surface area contributed by atoms with Gasteiger partial charge in [-0.1, -0.05) is 0 Å². The minimum atomic E-state index is -0.558. The molecule has 9 nitrogen and oxygen atoms in total. The number of hydrogen-bond acceptors (Lipinski definition) is 7. The van der Waals surface area contributed by atoms with Crippen LogP contribution in [-0.2, 0) is 18.9 Å². The van der Waals surface area contributed by atoms with Crippen LogP contribution in [0.2, 0.25) is 0 Å². The van der Waals surface area contributed by atoms with Crippen LogP contribution in [0.15, 0.2) is 15.8 Å². The fourth-order valence-corrected chi connectivity index (χ4v) is 2.47. The number of nitrogens with zero attached hydrogens (tertiary/aromatic N) is 2. The fourth-order valence-electron chi connectivity index (χ4n) is 2.47. The Hall–Kier alpha value is -1.99. The Labute approximate surface area is 138 Å². The molecule has 1 unspecified atom stereocenters. The van der Waals surface area contributed by atoms with Crippen molar-refractivity contribution in [3.8, 4) is 6.07 Å². The summed E-state index contributed by atoms with van der Waals surface area (Å²) in [5.74, 6) is 0. The third-order valence-electron chi connectivity index (χ3n) is 3.69. The van der Waals surface area contributed by atoms with E-state index in [1.807, 2.05) is 6.07 Å². The van der Waals surface area contributed by atoms with Crippen molar-refractivity contribution in [2.75, 3.05) is 27.1 Å². The zero-order chi connectivity index (χ0) is 17.5. The minimum absolute atomic E-state index is 0.0300. The largest absolute Gasteiger partial charge is 0.382 e. The van der Waals surface area contributed by atoms with Crippen LogP contribution in [-0.4, -0.2) is 48.9 Å². The second-order valence-corrected chi connectivity index (χ2v) is 5.44. The maximum Gasteiger partial charge on any atom is 0.330 e. The first-order valence-electron chi connectivity index (χ1n) is 7.59. The lowest BCUT2D eigenvalue weighted by atomic mass is 10.2. The van der Waals surface area contributed by atoms with E-state index in [-0.39, 0.29) is 19.0 Å². The quantitative estimate of drug-likeness (QED) is 0.525. The molecule has 0 bridgehead atoms. The Morgan fingerprint density at radius 1 is 1.50 bits per heavy atom. The Kier molecular flexibility index (Phi) is 6.69. The molecule has 1 aliphatic rings. The van der Waals surface area contributed by atoms with Gasteiger partial charge in [0.1, 0.15) is 19.1 Å². The lowest BCUT2D eigenvalue weighted by molar-refractivity contribution is -0.120. The zero-order valence-corrected chi connectivity index (χ0v) is 13.7. The molecule has 0 radical (unpaired) electrons. The molecule has 0 amide bonds. The van der Waals surface area contributed by atoms with Gasteiger partial charge in [0, 0.05) is 25.3 Å². The summed E-state index contributed by atoms with van der Waals surface area (Å²) in [7, 11) is 1.55. The number of aromatic nitrogens is 2. The van der Waals surface area contributed by atoms with E-state index in [1.54, 1.807) is 14.0 Å². The average molecular weight is 339 g/mol. The van der Waals surface area contributed by atoms with Gasteiger partial charge in [-0.3, -0.25) is 14.3 Å². The van der Waals surface area contributed by atoms with Crippen LogP contribution < -0.4 is 11.2 Å². The van der Waals surface area contributed by atoms with E-state index >= 15 is 0 Å². The summed E-state index contributed by atoms with van der Waals surface area (Å²) in [5, 5.41) is 8.45. The molecular formula is C15H21N3O6. The average Bonchev–Trinajstić information content (AvgIpc) is 2.94. The van der Waals surface area contributed by atoms with Crippen LogP contribution in [0.4, 0.5) is 0 Å². The first-order valence-corrected chi connectivity index (χ1v) is 7.59. The molecule has 1 fully saturated rings. The molecule has 1 aromatic rings. The lowest BCUT2D eigenvalue weighted by Crippen LogP contribution is -2.33. The summed E-state index contributed by atoms with van der Waals surface area (Å²) in [6.45, 7) is 2.24. The van der Waals surface area contributed by atoms with Crippen LogP contribution >= 0.6 is 0 Å². The smallest absolute Gasteiger partial charge is 0.330 e. The first kappa shape index (κ1) is 18.4. The van der Waals surface area contributed by atoms with Crippen molar-refractivity contribution in [3.05, 3.63) is 32.6 Å². The Morgan fingerprint density at radius 3 is 3.00 bits per heavy atom. The third kappa shape index (κ3) is 4.52. The maximum atomic E-state index is 12.0. The van der Waals surface area contributed by atoms with Gasteiger partial charge < -0.3 is 18.9 Å². The molecule has 0 aromatic carbocycles. The normalized spacial score (nSPS) is 23.3. The van der Waals surface area contributed by atoms with Crippen molar-refractivity contribution in [2.24, 2.45) is 0 Å². The SMILES string of the molecule is COC[C@H]1O[C@@H](n2cc(C)c(=O)[nH]c2=O)CC1OCOCCC#N. The molecule has 1 saturated heterocycles. The first-order chi connectivity index (χ1) is 11.6. The molecule has 9 heteroatoms. The van der Waals surface area contributed by atoms with Crippen LogP contribution in [0.1, 0.15) is 24.6 Å². The van der Waals surface area contributed by atoms with Crippen LogP contribution in [0.5, 0.6) is 0 Å². The predicted octanol–water partition coefficient (Wildman–Crippen LogP) is 0.0519. The third-order valence-corrected chi connectivity index (χ3v) is 3.69. The molecule has 3 atom stereocenters. The Balaban J connectivity index is 2.04. The summed E-state index contributed by atoms with van der Waals surface area (Å²) in [6, 6.07) is 1.98. The second kappa shape index (κ2) is 8.75. The molecule has 132 valence electrons. The zero-order valence-electron chi connectivity index (χ0n) is 13.7. The highest BCUT2D eigenvalue weighted by molar-refractivity contribution is 5.02. The van der Waals surface area contributed by atoms with E-state index < -0.39 is 17.5 Å². The molecule has 0 spiro atoms. The van der Waals surface area contributed by atoms with Gasteiger partial charge in [0.15, 0.2) is 0 Å². The van der Waals surface area contributed by atoms with Crippen LogP contribution in [0.25, 0.3) is 0 Å². The molecular weight excluding hydrogens is 318 g/mol. The molecule has 0 saturated carbocycles. The molecule has 24 heavy (non-hydrogen) atoms. The van der Waals surface area contributed by atoms with Crippen molar-refractivity contribution >= 4 is 0 Å². The van der Waals surface area contributed by atoms with Gasteiger partial charge in [-0.25, -0.2) is 4.79 Å². The van der Waals surface area contributed by atoms with Crippen molar-refractivity contribution < 1.29 is 18.9 Å². The standard InChI is InChI=1S/C15H21N3O6/c1-10-7-18(15(20)17-14(10)19)13-6-11(12(24-13)8-21-2)23-9-22-5-3-4-16/h7,11-13H,3,5-6,8-9H2,1-2H3,(H,17,19,20)/t11?,12-,13-/m1/s1. The van der Waals surface area contributed by atoms with Crippen molar-refractivity contribution in [1.29, 1.82) is 5.26 Å². The number of methoxy groups -OCH3 is 1. The van der Waals surface area contributed by atoms with E-state index in [0.29, 0.717) is 31.6 Å². The summed E-state index contributed by atoms with van der Waals surface area (Å²) in [5.41, 5.74) is -0.523. The number of ether oxygens (including phenoxy) is 4. The lowest BCUT2D eigenvalue weighted by Gasteiger charge is -2.17. The highest BCUT2D eigenvalue weighted by atomic mass is 16.7. The fraction of sp³-hybridized carbons (Fsp3) is 0.667. The van der Waals surface area contributed by atoms with Crippen molar-refractivity contribution in [3.63, 3.8) is 0 Å². The van der Waals surface area contributed by atoms with Crippen LogP contribution in [0.3, 0.4) is 0 Å². The summed E-state index contributed by atoms with van der Waals surface area (Å²) >= 11 is 0. The number of aryl methyl sites for hydroxylation is 1. The number of aromatic amines is 1. The second-order valence-electron chi connectivity index (χ2n) is 5.44. The molecule has 2 heterocycles. The van der Waals surface area contributed by atoms with Gasteiger partial charge in [-0.2, -0.15) is 5.26 Å². The number of nitriles is 1. The topological polar surface area (TPSA) is 116 Å². The number of hydrogen-bond donors (Lipinski definition) is 1. The molecule has 0 aliphatic carbocycles. The summed E-state index contributed by atoms with van der Waals surface area (Å²) in [4.78, 5) is 25.7. The molecule has 1 aromatic heterocycles. The number of H-pyrrole nitrogens is 1. The van der Waals surface area contributed by atoms with Crippen molar-refractivity contribution in [2.45, 2.75) is 38.2 Å². The number of rotatable bonds is 8. The Bertz CT molecular complexity index is 692. The molecule has 1 N–H and O–H groups in total. The van der Waals surface area contributed by atoms with Crippen molar-refractivity contribution in [1.82, 2.24) is 9.55 Å². The number of nitrogens with one attached hydrogen (secondary N) is 1. The highest BCUT2D eigenvalue weighted by Gasteiger charge is 2.37. The van der Waals surface area contributed by atoms with E-state index in [0.717, 1.165) is 0 Å². The predicted molar refractivity (Wildman–Crippen MR) is 82.4 cm³/mol. The van der Waals surface area contributed by atoms with Gasteiger partial charge in [-0.15, -0.1) is 0 Å². The van der Waals surface area contributed by atoms with Gasteiger partial charge >= 0.3 is 5.69 Å². The van der Waals surface area contributed by atoms with E-state index in [9.17, 15) is 9.59 Å². The Morgan fingerprint density at radius 2 is 2.29 bits per heavy atom. The van der Waals surface area contributed by atoms with E-state index in [2.05, 4.69) is 4.98 Å². The van der Waals surface area contributed by atoms with Gasteiger partial charge in [-0.05, 0) is 6.92 Å². The molecule has 2 rings (SSSR count). The van der Waals surface area contributed by atoms with Gasteiger partial charge in [0.05, 0.1) is 31.8 Å². The van der Waals surface area contributed by atoms with E-state index in [1.165, 1.54) is 10.8 Å².